The second-order valence-electron chi connectivity index (χ2n) is 6.88. The van der Waals surface area contributed by atoms with Crippen molar-refractivity contribution in [3.63, 3.8) is 0 Å². The number of fused-ring (bicyclic) bond motifs is 1. The third-order valence-electron chi connectivity index (χ3n) is 4.39. The Kier molecular flexibility index (Phi) is 9.48. The van der Waals surface area contributed by atoms with Crippen LogP contribution in [0.15, 0.2) is 12.7 Å². The third kappa shape index (κ3) is 6.83. The van der Waals surface area contributed by atoms with Crippen LogP contribution in [0, 0.1) is 0 Å². The summed E-state index contributed by atoms with van der Waals surface area (Å²) in [5, 5.41) is 0. The molecule has 1 fully saturated rings. The number of nitrogen functional groups attached to an aromatic ring is 1. The lowest BCUT2D eigenvalue weighted by Crippen LogP contribution is -2.55. The fraction of sp³-hybridized carbons (Fsp3) is 0.600. The summed E-state index contributed by atoms with van der Waals surface area (Å²) in [6.45, 7) is 9.16. The molecule has 3 rings (SSSR count). The van der Waals surface area contributed by atoms with Gasteiger partial charge in [-0.3, -0.25) is 19.0 Å². The zero-order valence-corrected chi connectivity index (χ0v) is 19.2. The first-order chi connectivity index (χ1) is 15.7. The van der Waals surface area contributed by atoms with Gasteiger partial charge in [0, 0.05) is 34.0 Å². The van der Waals surface area contributed by atoms with Crippen LogP contribution in [0.4, 0.5) is 5.82 Å². The predicted molar refractivity (Wildman–Crippen MR) is 114 cm³/mol. The third-order valence-corrected chi connectivity index (χ3v) is 4.39. The molecule has 0 aliphatic carbocycles. The summed E-state index contributed by atoms with van der Waals surface area (Å²) in [6, 6.07) is 0. The molecule has 182 valence electrons. The van der Waals surface area contributed by atoms with E-state index in [2.05, 4.69) is 15.0 Å². The first-order valence-electron chi connectivity index (χ1n) is 10.3. The van der Waals surface area contributed by atoms with E-state index in [-0.39, 0.29) is 12.4 Å². The minimum atomic E-state index is -1.13. The van der Waals surface area contributed by atoms with E-state index in [1.807, 2.05) is 13.8 Å². The number of ether oxygens (including phenoxy) is 5. The van der Waals surface area contributed by atoms with Gasteiger partial charge in [-0.1, -0.05) is 0 Å². The molecule has 1 saturated heterocycles. The zero-order chi connectivity index (χ0) is 24.5. The van der Waals surface area contributed by atoms with Crippen molar-refractivity contribution in [3.8, 4) is 0 Å². The molecule has 0 spiro atoms. The number of aromatic nitrogens is 4. The monoisotopic (exact) mass is 467 g/mol. The maximum absolute atomic E-state index is 11.7. The van der Waals surface area contributed by atoms with Crippen LogP contribution >= 0.6 is 0 Å². The number of esters is 3. The number of nitrogens with two attached hydrogens (primary N) is 1. The van der Waals surface area contributed by atoms with E-state index in [0.717, 1.165) is 13.2 Å². The van der Waals surface area contributed by atoms with Gasteiger partial charge in [-0.2, -0.15) is 0 Å². The van der Waals surface area contributed by atoms with Gasteiger partial charge < -0.3 is 29.4 Å². The van der Waals surface area contributed by atoms with Gasteiger partial charge in [0.1, 0.15) is 11.8 Å². The Balaban J connectivity index is 0.000000696. The van der Waals surface area contributed by atoms with Crippen LogP contribution in [0.1, 0.15) is 40.8 Å². The molecular formula is C20H29N5O8. The Bertz CT molecular complexity index is 963. The van der Waals surface area contributed by atoms with Crippen LogP contribution in [0.25, 0.3) is 11.2 Å². The van der Waals surface area contributed by atoms with E-state index in [1.165, 1.54) is 38.0 Å². The molecule has 0 aromatic carbocycles. The van der Waals surface area contributed by atoms with Crippen LogP contribution < -0.4 is 5.73 Å². The molecule has 4 atom stereocenters. The summed E-state index contributed by atoms with van der Waals surface area (Å²) in [7, 11) is 0. The van der Waals surface area contributed by atoms with Crippen molar-refractivity contribution in [1.82, 2.24) is 19.5 Å². The van der Waals surface area contributed by atoms with Gasteiger partial charge in [-0.15, -0.1) is 0 Å². The number of carbonyl (C=O) groups excluding carboxylic acids is 3. The number of hydrogen-bond acceptors (Lipinski definition) is 12. The van der Waals surface area contributed by atoms with Gasteiger partial charge in [0.15, 0.2) is 36.0 Å². The van der Waals surface area contributed by atoms with Gasteiger partial charge >= 0.3 is 17.9 Å². The van der Waals surface area contributed by atoms with E-state index in [9.17, 15) is 14.4 Å². The molecule has 33 heavy (non-hydrogen) atoms. The summed E-state index contributed by atoms with van der Waals surface area (Å²) in [6.07, 6.45) is -1.50. The summed E-state index contributed by atoms with van der Waals surface area (Å²) < 4.78 is 28.0. The molecule has 2 N–H and O–H groups in total. The molecule has 0 amide bonds. The van der Waals surface area contributed by atoms with Crippen LogP contribution in [-0.2, 0) is 38.1 Å². The van der Waals surface area contributed by atoms with E-state index in [0.29, 0.717) is 11.2 Å². The molecule has 13 heteroatoms. The minimum absolute atomic E-state index is 0.111. The SMILES string of the molecule is CC(=O)OC1COC(n2cnc3c(N)ncnc32)C(OC(C)=O)C1OC(C)=O.CCOCC. The summed E-state index contributed by atoms with van der Waals surface area (Å²) >= 11 is 0. The molecule has 0 saturated carbocycles. The van der Waals surface area contributed by atoms with Crippen molar-refractivity contribution in [2.24, 2.45) is 0 Å². The normalized spacial score (nSPS) is 22.1. The number of imidazole rings is 1. The van der Waals surface area contributed by atoms with Crippen LogP contribution in [0.2, 0.25) is 0 Å². The van der Waals surface area contributed by atoms with Gasteiger partial charge in [0.2, 0.25) is 0 Å². The van der Waals surface area contributed by atoms with Crippen LogP contribution in [-0.4, -0.2) is 75.6 Å². The number of anilines is 1. The molecule has 2 aromatic rings. The van der Waals surface area contributed by atoms with Crippen molar-refractivity contribution >= 4 is 34.9 Å². The summed E-state index contributed by atoms with van der Waals surface area (Å²) in [4.78, 5) is 46.9. The summed E-state index contributed by atoms with van der Waals surface area (Å²) in [5.74, 6) is -1.71. The lowest BCUT2D eigenvalue weighted by molar-refractivity contribution is -0.239. The highest BCUT2D eigenvalue weighted by Crippen LogP contribution is 2.32. The predicted octanol–water partition coefficient (Wildman–Crippen LogP) is 0.775. The quantitative estimate of drug-likeness (QED) is 0.469. The molecule has 1 aliphatic heterocycles. The maximum atomic E-state index is 11.7. The molecule has 1 aliphatic rings. The first-order valence-corrected chi connectivity index (χ1v) is 10.3. The highest BCUT2D eigenvalue weighted by Gasteiger charge is 2.48. The number of nitrogens with zero attached hydrogens (tertiary/aromatic N) is 4. The standard InChI is InChI=1S/C16H19N5O7.C4H10O/c1-7(22)26-10-4-25-16(13(28-9(3)24)12(10)27-8(2)23)21-6-20-11-14(17)18-5-19-15(11)21;1-3-5-4-2/h5-6,10,12-13,16H,4H2,1-3H3,(H2,17,18,19);3-4H2,1-2H3. The van der Waals surface area contributed by atoms with E-state index in [1.54, 1.807) is 0 Å². The molecule has 0 bridgehead atoms. The van der Waals surface area contributed by atoms with E-state index in [4.69, 9.17) is 29.4 Å². The Hall–Kier alpha value is -3.32. The Morgan fingerprint density at radius 1 is 1.00 bits per heavy atom. The average molecular weight is 467 g/mol. The molecule has 3 heterocycles. The minimum Gasteiger partial charge on any atom is -0.456 e. The van der Waals surface area contributed by atoms with Crippen molar-refractivity contribution < 1.29 is 38.1 Å². The van der Waals surface area contributed by atoms with Crippen molar-refractivity contribution in [2.45, 2.75) is 59.2 Å². The molecular weight excluding hydrogens is 438 g/mol. The van der Waals surface area contributed by atoms with Crippen molar-refractivity contribution in [1.29, 1.82) is 0 Å². The van der Waals surface area contributed by atoms with E-state index < -0.39 is 42.4 Å². The number of hydrogen-bond donors (Lipinski definition) is 1. The summed E-state index contributed by atoms with van der Waals surface area (Å²) in [5.41, 5.74) is 6.47. The Morgan fingerprint density at radius 2 is 1.61 bits per heavy atom. The van der Waals surface area contributed by atoms with Crippen molar-refractivity contribution in [2.75, 3.05) is 25.6 Å². The second kappa shape index (κ2) is 12.1. The zero-order valence-electron chi connectivity index (χ0n) is 19.2. The fourth-order valence-electron chi connectivity index (χ4n) is 3.22. The first kappa shape index (κ1) is 25.9. The lowest BCUT2D eigenvalue weighted by Gasteiger charge is -2.40. The number of carbonyl (C=O) groups is 3. The van der Waals surface area contributed by atoms with E-state index >= 15 is 0 Å². The molecule has 4 unspecified atom stereocenters. The van der Waals surface area contributed by atoms with Gasteiger partial charge in [0.05, 0.1) is 12.9 Å². The fourth-order valence-corrected chi connectivity index (χ4v) is 3.22. The number of rotatable bonds is 6. The van der Waals surface area contributed by atoms with Gasteiger partial charge in [0.25, 0.3) is 0 Å². The van der Waals surface area contributed by atoms with Gasteiger partial charge in [-0.05, 0) is 13.8 Å². The molecule has 13 nitrogen and oxygen atoms in total. The second-order valence-corrected chi connectivity index (χ2v) is 6.88. The Morgan fingerprint density at radius 3 is 2.15 bits per heavy atom. The highest BCUT2D eigenvalue weighted by molar-refractivity contribution is 5.81. The molecule has 2 aromatic heterocycles. The smallest absolute Gasteiger partial charge is 0.303 e. The van der Waals surface area contributed by atoms with Crippen LogP contribution in [0.3, 0.4) is 0 Å². The van der Waals surface area contributed by atoms with Crippen molar-refractivity contribution in [3.05, 3.63) is 12.7 Å². The maximum Gasteiger partial charge on any atom is 0.303 e. The lowest BCUT2D eigenvalue weighted by atomic mass is 10.0. The molecule has 0 radical (unpaired) electrons. The van der Waals surface area contributed by atoms with Crippen LogP contribution in [0.5, 0.6) is 0 Å². The highest BCUT2D eigenvalue weighted by atomic mass is 16.6. The topological polar surface area (TPSA) is 167 Å². The Labute approximate surface area is 190 Å². The average Bonchev–Trinajstić information content (AvgIpc) is 3.16. The van der Waals surface area contributed by atoms with Gasteiger partial charge in [-0.25, -0.2) is 15.0 Å². The largest absolute Gasteiger partial charge is 0.456 e.